The number of nitrogens with zero attached hydrogens (tertiary/aromatic N) is 1. The van der Waals surface area contributed by atoms with E-state index in [0.717, 1.165) is 40.5 Å². The Balaban J connectivity index is 2.43. The van der Waals surface area contributed by atoms with E-state index >= 15 is 0 Å². The molecule has 1 aromatic rings. The Bertz CT molecular complexity index is 656. The van der Waals surface area contributed by atoms with Crippen LogP contribution in [0.4, 0.5) is 5.69 Å². The zero-order chi connectivity index (χ0) is 15.6. The number of anilines is 1. The number of carbonyl (C=O) groups excluding carboxylic acids is 1. The molecule has 0 bridgehead atoms. The highest BCUT2D eigenvalue weighted by molar-refractivity contribution is 7.89. The minimum atomic E-state index is -3.67. The maximum atomic E-state index is 12.7. The molecule has 0 aromatic heterocycles. The van der Waals surface area contributed by atoms with Gasteiger partial charge in [-0.25, -0.2) is 8.42 Å². The van der Waals surface area contributed by atoms with Crippen LogP contribution in [-0.2, 0) is 21.2 Å². The summed E-state index contributed by atoms with van der Waals surface area (Å²) in [6.45, 7) is 2.63. The molecule has 0 spiro atoms. The Labute approximate surface area is 125 Å². The van der Waals surface area contributed by atoms with Crippen LogP contribution in [0, 0.1) is 6.92 Å². The smallest absolute Gasteiger partial charge is 0.243 e. The number of sulfonamides is 1. The highest BCUT2D eigenvalue weighted by Gasteiger charge is 2.28. The van der Waals surface area contributed by atoms with Crippen LogP contribution in [0.2, 0.25) is 0 Å². The predicted octanol–water partition coefficient (Wildman–Crippen LogP) is 0.720. The quantitative estimate of drug-likeness (QED) is 0.859. The van der Waals surface area contributed by atoms with Crippen molar-refractivity contribution in [2.45, 2.75) is 24.7 Å². The first kappa shape index (κ1) is 15.8. The normalized spacial score (nSPS) is 14.5. The van der Waals surface area contributed by atoms with Crippen molar-refractivity contribution in [2.24, 2.45) is 0 Å². The van der Waals surface area contributed by atoms with Gasteiger partial charge in [-0.3, -0.25) is 4.79 Å². The van der Waals surface area contributed by atoms with Crippen LogP contribution in [-0.4, -0.2) is 45.8 Å². The number of carbonyl (C=O) groups is 1. The van der Waals surface area contributed by atoms with Crippen LogP contribution in [0.5, 0.6) is 0 Å². The Morgan fingerprint density at radius 3 is 2.81 bits per heavy atom. The van der Waals surface area contributed by atoms with Gasteiger partial charge in [-0.05, 0) is 37.0 Å². The molecule has 2 rings (SSSR count). The standard InChI is InChI=1S/C14H21N3O3S/c1-10-6-7-12(11-5-4-8-16-14(10)11)21(19,20)17(3)9-13(18)15-2/h6-7,16H,4-5,8-9H2,1-3H3,(H,15,18). The van der Waals surface area contributed by atoms with Crippen molar-refractivity contribution in [3.8, 4) is 0 Å². The van der Waals surface area contributed by atoms with Crippen molar-refractivity contribution in [3.63, 3.8) is 0 Å². The Kier molecular flexibility index (Phi) is 4.53. The van der Waals surface area contributed by atoms with E-state index in [4.69, 9.17) is 0 Å². The van der Waals surface area contributed by atoms with Crippen LogP contribution in [0.25, 0.3) is 0 Å². The lowest BCUT2D eigenvalue weighted by Gasteiger charge is -2.25. The van der Waals surface area contributed by atoms with E-state index in [0.29, 0.717) is 4.90 Å². The summed E-state index contributed by atoms with van der Waals surface area (Å²) in [5.74, 6) is -0.333. The summed E-state index contributed by atoms with van der Waals surface area (Å²) in [4.78, 5) is 11.7. The van der Waals surface area contributed by atoms with Crippen molar-refractivity contribution < 1.29 is 13.2 Å². The molecule has 1 aliphatic rings. The molecule has 0 saturated carbocycles. The third kappa shape index (κ3) is 3.03. The van der Waals surface area contributed by atoms with E-state index in [1.54, 1.807) is 12.1 Å². The average Bonchev–Trinajstić information content (AvgIpc) is 2.47. The third-order valence-corrected chi connectivity index (χ3v) is 5.60. The Morgan fingerprint density at radius 2 is 2.14 bits per heavy atom. The van der Waals surface area contributed by atoms with Crippen LogP contribution >= 0.6 is 0 Å². The lowest BCUT2D eigenvalue weighted by atomic mass is 10.00. The van der Waals surface area contributed by atoms with Gasteiger partial charge in [-0.1, -0.05) is 6.07 Å². The lowest BCUT2D eigenvalue weighted by Crippen LogP contribution is -2.37. The minimum absolute atomic E-state index is 0.186. The first-order valence-corrected chi connectivity index (χ1v) is 8.35. The number of nitrogens with one attached hydrogen (secondary N) is 2. The molecular weight excluding hydrogens is 290 g/mol. The number of benzene rings is 1. The van der Waals surface area contributed by atoms with Gasteiger partial charge in [0.25, 0.3) is 0 Å². The summed E-state index contributed by atoms with van der Waals surface area (Å²) in [5, 5.41) is 5.71. The largest absolute Gasteiger partial charge is 0.385 e. The van der Waals surface area contributed by atoms with Crippen molar-refractivity contribution in [3.05, 3.63) is 23.3 Å². The summed E-state index contributed by atoms with van der Waals surface area (Å²) in [6, 6.07) is 3.44. The van der Waals surface area contributed by atoms with E-state index in [9.17, 15) is 13.2 Å². The first-order valence-electron chi connectivity index (χ1n) is 6.91. The molecule has 0 radical (unpaired) electrons. The van der Waals surface area contributed by atoms with Crippen LogP contribution in [0.1, 0.15) is 17.5 Å². The lowest BCUT2D eigenvalue weighted by molar-refractivity contribution is -0.120. The maximum Gasteiger partial charge on any atom is 0.243 e. The minimum Gasteiger partial charge on any atom is -0.385 e. The molecule has 2 N–H and O–H groups in total. The number of hydrogen-bond acceptors (Lipinski definition) is 4. The number of rotatable bonds is 4. The summed E-state index contributed by atoms with van der Waals surface area (Å²) in [6.07, 6.45) is 1.63. The molecule has 21 heavy (non-hydrogen) atoms. The predicted molar refractivity (Wildman–Crippen MR) is 81.9 cm³/mol. The second-order valence-electron chi connectivity index (χ2n) is 5.20. The van der Waals surface area contributed by atoms with E-state index in [-0.39, 0.29) is 12.5 Å². The topological polar surface area (TPSA) is 78.5 Å². The molecule has 1 heterocycles. The van der Waals surface area contributed by atoms with Crippen molar-refractivity contribution in [1.29, 1.82) is 0 Å². The maximum absolute atomic E-state index is 12.7. The van der Waals surface area contributed by atoms with Crippen molar-refractivity contribution >= 4 is 21.6 Å². The fraction of sp³-hybridized carbons (Fsp3) is 0.500. The summed E-state index contributed by atoms with van der Waals surface area (Å²) in [5.41, 5.74) is 2.78. The zero-order valence-electron chi connectivity index (χ0n) is 12.6. The summed E-state index contributed by atoms with van der Waals surface area (Å²) in [7, 11) is -0.760. The molecule has 7 heteroatoms. The van der Waals surface area contributed by atoms with Crippen LogP contribution in [0.15, 0.2) is 17.0 Å². The van der Waals surface area contributed by atoms with E-state index < -0.39 is 10.0 Å². The van der Waals surface area contributed by atoms with Crippen LogP contribution < -0.4 is 10.6 Å². The molecule has 0 atom stereocenters. The monoisotopic (exact) mass is 311 g/mol. The number of fused-ring (bicyclic) bond motifs is 1. The molecule has 0 saturated heterocycles. The van der Waals surface area contributed by atoms with E-state index in [1.807, 2.05) is 6.92 Å². The molecule has 1 aromatic carbocycles. The van der Waals surface area contributed by atoms with Gasteiger partial charge in [0.05, 0.1) is 11.4 Å². The Hall–Kier alpha value is -1.60. The molecule has 0 aliphatic carbocycles. The molecule has 0 fully saturated rings. The van der Waals surface area contributed by atoms with Crippen LogP contribution in [0.3, 0.4) is 0 Å². The van der Waals surface area contributed by atoms with Gasteiger partial charge < -0.3 is 10.6 Å². The summed E-state index contributed by atoms with van der Waals surface area (Å²) >= 11 is 0. The third-order valence-electron chi connectivity index (χ3n) is 3.72. The highest BCUT2D eigenvalue weighted by atomic mass is 32.2. The number of amides is 1. The second-order valence-corrected chi connectivity index (χ2v) is 7.21. The average molecular weight is 311 g/mol. The van der Waals surface area contributed by atoms with Gasteiger partial charge >= 0.3 is 0 Å². The van der Waals surface area contributed by atoms with Gasteiger partial charge in [0.15, 0.2) is 0 Å². The van der Waals surface area contributed by atoms with E-state index in [2.05, 4.69) is 10.6 Å². The molecule has 6 nitrogen and oxygen atoms in total. The zero-order valence-corrected chi connectivity index (χ0v) is 13.4. The van der Waals surface area contributed by atoms with E-state index in [1.165, 1.54) is 14.1 Å². The summed E-state index contributed by atoms with van der Waals surface area (Å²) < 4.78 is 26.5. The van der Waals surface area contributed by atoms with Crippen molar-refractivity contribution in [1.82, 2.24) is 9.62 Å². The van der Waals surface area contributed by atoms with Crippen molar-refractivity contribution in [2.75, 3.05) is 32.5 Å². The van der Waals surface area contributed by atoms with Gasteiger partial charge in [0.2, 0.25) is 15.9 Å². The van der Waals surface area contributed by atoms with Gasteiger partial charge in [0, 0.05) is 26.3 Å². The Morgan fingerprint density at radius 1 is 1.43 bits per heavy atom. The number of likely N-dealkylation sites (N-methyl/N-ethyl adjacent to an activating group) is 2. The number of hydrogen-bond donors (Lipinski definition) is 2. The number of aryl methyl sites for hydroxylation is 1. The van der Waals surface area contributed by atoms with Gasteiger partial charge in [0.1, 0.15) is 0 Å². The highest BCUT2D eigenvalue weighted by Crippen LogP contribution is 2.32. The fourth-order valence-electron chi connectivity index (χ4n) is 2.49. The SMILES string of the molecule is CNC(=O)CN(C)S(=O)(=O)c1ccc(C)c2c1CCCN2. The molecular formula is C14H21N3O3S. The van der Waals surface area contributed by atoms with Gasteiger partial charge in [-0.15, -0.1) is 0 Å². The molecule has 116 valence electrons. The first-order chi connectivity index (χ1) is 9.87. The molecule has 1 aliphatic heterocycles. The molecule has 0 unspecified atom stereocenters. The second kappa shape index (κ2) is 6.03. The fourth-order valence-corrected chi connectivity index (χ4v) is 3.87. The van der Waals surface area contributed by atoms with Gasteiger partial charge in [-0.2, -0.15) is 4.31 Å². The molecule has 1 amide bonds.